The van der Waals surface area contributed by atoms with E-state index in [1.54, 1.807) is 16.8 Å². The molecular weight excluding hydrogens is 352 g/mol. The Morgan fingerprint density at radius 1 is 1.42 bits per heavy atom. The molecule has 136 valence electrons. The highest BCUT2D eigenvalue weighted by molar-refractivity contribution is 8.18. The van der Waals surface area contributed by atoms with Crippen LogP contribution >= 0.6 is 11.8 Å². The molecule has 3 N–H and O–H groups in total. The number of rotatable bonds is 6. The minimum Gasteiger partial charge on any atom is -0.370 e. The van der Waals surface area contributed by atoms with Crippen LogP contribution < -0.4 is 16.0 Å². The molecule has 3 heterocycles. The number of thioether (sulfide) groups is 1. The highest BCUT2D eigenvalue weighted by atomic mass is 32.2. The van der Waals surface area contributed by atoms with Gasteiger partial charge in [-0.05, 0) is 36.6 Å². The van der Waals surface area contributed by atoms with Gasteiger partial charge in [0.1, 0.15) is 11.6 Å². The van der Waals surface area contributed by atoms with Gasteiger partial charge in [0, 0.05) is 24.2 Å². The quantitative estimate of drug-likeness (QED) is 0.670. The Balaban J connectivity index is 1.74. The molecule has 8 nitrogen and oxygen atoms in total. The Labute approximate surface area is 154 Å². The number of hydrogen-bond acceptors (Lipinski definition) is 7. The predicted octanol–water partition coefficient (Wildman–Crippen LogP) is 2.70. The summed E-state index contributed by atoms with van der Waals surface area (Å²) in [4.78, 5) is 28.2. The molecule has 9 heteroatoms. The van der Waals surface area contributed by atoms with E-state index in [0.717, 1.165) is 42.8 Å². The number of carbonyl (C=O) groups excluding carboxylic acids is 2. The lowest BCUT2D eigenvalue weighted by Crippen LogP contribution is -2.17. The van der Waals surface area contributed by atoms with Gasteiger partial charge in [-0.2, -0.15) is 9.61 Å². The monoisotopic (exact) mass is 372 g/mol. The smallest absolute Gasteiger partial charge is 0.290 e. The van der Waals surface area contributed by atoms with Gasteiger partial charge in [0.2, 0.25) is 0 Å². The third-order valence-corrected chi connectivity index (χ3v) is 4.86. The van der Waals surface area contributed by atoms with Crippen LogP contribution in [-0.2, 0) is 4.79 Å². The summed E-state index contributed by atoms with van der Waals surface area (Å²) in [6.07, 6.45) is 5.62. The fourth-order valence-electron chi connectivity index (χ4n) is 2.58. The predicted molar refractivity (Wildman–Crippen MR) is 102 cm³/mol. The molecule has 1 aliphatic carbocycles. The summed E-state index contributed by atoms with van der Waals surface area (Å²) < 4.78 is 1.74. The Kier molecular flexibility index (Phi) is 4.31. The molecule has 0 spiro atoms. The molecule has 2 aromatic heterocycles. The number of nitrogens with zero attached hydrogens (tertiary/aromatic N) is 3. The van der Waals surface area contributed by atoms with E-state index in [1.165, 1.54) is 0 Å². The van der Waals surface area contributed by atoms with Crippen molar-refractivity contribution in [1.29, 1.82) is 0 Å². The van der Waals surface area contributed by atoms with Crippen molar-refractivity contribution in [2.24, 2.45) is 5.92 Å². The lowest BCUT2D eigenvalue weighted by molar-refractivity contribution is -0.115. The molecule has 2 amide bonds. The second kappa shape index (κ2) is 6.64. The average molecular weight is 372 g/mol. The number of fused-ring (bicyclic) bond motifs is 1. The number of nitrogens with one attached hydrogen (secondary N) is 3. The number of carbonyl (C=O) groups is 2. The van der Waals surface area contributed by atoms with E-state index in [-0.39, 0.29) is 11.1 Å². The van der Waals surface area contributed by atoms with Crippen molar-refractivity contribution >= 4 is 46.3 Å². The first-order chi connectivity index (χ1) is 12.5. The topological polar surface area (TPSA) is 100 Å². The number of amides is 2. The maximum atomic E-state index is 11.8. The molecule has 26 heavy (non-hydrogen) atoms. The maximum absolute atomic E-state index is 11.8. The number of imide groups is 1. The van der Waals surface area contributed by atoms with Gasteiger partial charge in [0.25, 0.3) is 11.1 Å². The first-order valence-corrected chi connectivity index (χ1v) is 9.45. The molecule has 0 atom stereocenters. The molecule has 0 bridgehead atoms. The third-order valence-electron chi connectivity index (χ3n) is 4.05. The molecule has 1 saturated carbocycles. The summed E-state index contributed by atoms with van der Waals surface area (Å²) in [5.74, 6) is 1.73. The zero-order chi connectivity index (χ0) is 18.3. The van der Waals surface area contributed by atoms with Crippen molar-refractivity contribution in [3.63, 3.8) is 0 Å². The van der Waals surface area contributed by atoms with Gasteiger partial charge in [-0.3, -0.25) is 14.9 Å². The van der Waals surface area contributed by atoms with Crippen molar-refractivity contribution < 1.29 is 9.59 Å². The molecule has 1 aliphatic heterocycles. The summed E-state index contributed by atoms with van der Waals surface area (Å²) in [5, 5.41) is 13.1. The summed E-state index contributed by atoms with van der Waals surface area (Å²) in [5.41, 5.74) is 1.34. The summed E-state index contributed by atoms with van der Waals surface area (Å²) in [6, 6.07) is 2.43. The van der Waals surface area contributed by atoms with E-state index in [1.807, 2.05) is 6.07 Å². The standard InChI is InChI=1S/C17H20N6O2S/c1-9(2)7-18-13-6-14(20-11-3-4-11)23-15(21-13)10(8-19-23)5-12-16(24)22-17(25)26-12/h5-6,8-9,11,20H,3-4,7H2,1-2H3,(H,18,21)(H,22,24,25)/b12-5+. The van der Waals surface area contributed by atoms with Gasteiger partial charge in [0.05, 0.1) is 11.1 Å². The Bertz CT molecular complexity index is 915. The van der Waals surface area contributed by atoms with E-state index < -0.39 is 0 Å². The molecule has 2 aromatic rings. The highest BCUT2D eigenvalue weighted by Gasteiger charge is 2.26. The summed E-state index contributed by atoms with van der Waals surface area (Å²) in [7, 11) is 0. The summed E-state index contributed by atoms with van der Waals surface area (Å²) >= 11 is 0.889. The lowest BCUT2D eigenvalue weighted by Gasteiger charge is -2.12. The maximum Gasteiger partial charge on any atom is 0.290 e. The van der Waals surface area contributed by atoms with Crippen LogP contribution in [0.25, 0.3) is 11.7 Å². The molecule has 0 aromatic carbocycles. The van der Waals surface area contributed by atoms with Gasteiger partial charge in [-0.15, -0.1) is 0 Å². The fraction of sp³-hybridized carbons (Fsp3) is 0.412. The van der Waals surface area contributed by atoms with Crippen molar-refractivity contribution in [3.05, 3.63) is 22.7 Å². The van der Waals surface area contributed by atoms with Gasteiger partial charge >= 0.3 is 0 Å². The second-order valence-electron chi connectivity index (χ2n) is 6.91. The molecule has 0 radical (unpaired) electrons. The Morgan fingerprint density at radius 2 is 2.23 bits per heavy atom. The average Bonchev–Trinajstić information content (AvgIpc) is 3.22. The Hall–Kier alpha value is -2.55. The normalized spacial score (nSPS) is 18.8. The van der Waals surface area contributed by atoms with Crippen molar-refractivity contribution in [1.82, 2.24) is 19.9 Å². The van der Waals surface area contributed by atoms with Crippen LogP contribution in [0.5, 0.6) is 0 Å². The summed E-state index contributed by atoms with van der Waals surface area (Å²) in [6.45, 7) is 5.08. The number of anilines is 2. The van der Waals surface area contributed by atoms with Gasteiger partial charge in [0.15, 0.2) is 5.65 Å². The zero-order valence-electron chi connectivity index (χ0n) is 14.6. The van der Waals surface area contributed by atoms with E-state index in [0.29, 0.717) is 28.1 Å². The van der Waals surface area contributed by atoms with Crippen molar-refractivity contribution in [3.8, 4) is 0 Å². The van der Waals surface area contributed by atoms with Crippen LogP contribution in [0.2, 0.25) is 0 Å². The molecule has 0 unspecified atom stereocenters. The number of aromatic nitrogens is 3. The van der Waals surface area contributed by atoms with E-state index in [4.69, 9.17) is 0 Å². The van der Waals surface area contributed by atoms with Crippen LogP contribution in [0, 0.1) is 5.92 Å². The molecule has 4 rings (SSSR count). The highest BCUT2D eigenvalue weighted by Crippen LogP contribution is 2.29. The first kappa shape index (κ1) is 16.9. The van der Waals surface area contributed by atoms with E-state index in [9.17, 15) is 9.59 Å². The van der Waals surface area contributed by atoms with Gasteiger partial charge in [-0.1, -0.05) is 13.8 Å². The van der Waals surface area contributed by atoms with Crippen LogP contribution in [0.3, 0.4) is 0 Å². The number of hydrogen-bond donors (Lipinski definition) is 3. The van der Waals surface area contributed by atoms with E-state index in [2.05, 4.69) is 39.9 Å². The Morgan fingerprint density at radius 3 is 2.88 bits per heavy atom. The van der Waals surface area contributed by atoms with Crippen molar-refractivity contribution in [2.45, 2.75) is 32.7 Å². The first-order valence-electron chi connectivity index (χ1n) is 8.63. The zero-order valence-corrected chi connectivity index (χ0v) is 15.4. The molecule has 2 aliphatic rings. The van der Waals surface area contributed by atoms with Crippen LogP contribution in [0.15, 0.2) is 17.2 Å². The minimum absolute atomic E-state index is 0.351. The van der Waals surface area contributed by atoms with Crippen LogP contribution in [0.4, 0.5) is 16.4 Å². The third kappa shape index (κ3) is 3.52. The lowest BCUT2D eigenvalue weighted by atomic mass is 10.2. The fourth-order valence-corrected chi connectivity index (χ4v) is 3.26. The second-order valence-corrected chi connectivity index (χ2v) is 7.92. The van der Waals surface area contributed by atoms with Gasteiger partial charge in [-0.25, -0.2) is 4.98 Å². The SMILES string of the molecule is CC(C)CNc1cc(NC2CC2)n2ncc(/C=C3/SC(=O)NC3=O)c2n1. The molecular formula is C17H20N6O2S. The van der Waals surface area contributed by atoms with E-state index >= 15 is 0 Å². The molecule has 2 fully saturated rings. The van der Waals surface area contributed by atoms with Gasteiger partial charge < -0.3 is 10.6 Å². The van der Waals surface area contributed by atoms with Crippen LogP contribution in [-0.4, -0.2) is 38.3 Å². The molecule has 1 saturated heterocycles. The largest absolute Gasteiger partial charge is 0.370 e. The van der Waals surface area contributed by atoms with Crippen molar-refractivity contribution in [2.75, 3.05) is 17.2 Å². The minimum atomic E-state index is -0.384. The van der Waals surface area contributed by atoms with Crippen LogP contribution in [0.1, 0.15) is 32.3 Å².